The summed E-state index contributed by atoms with van der Waals surface area (Å²) in [5.41, 5.74) is -0.524. The van der Waals surface area contributed by atoms with Gasteiger partial charge in [-0.2, -0.15) is 0 Å². The summed E-state index contributed by atoms with van der Waals surface area (Å²) >= 11 is 0. The molecule has 2 aliphatic rings. The van der Waals surface area contributed by atoms with Gasteiger partial charge in [0.2, 0.25) is 29.5 Å². The van der Waals surface area contributed by atoms with Crippen LogP contribution in [-0.4, -0.2) is 152 Å². The van der Waals surface area contributed by atoms with Crippen LogP contribution in [0.15, 0.2) is 0 Å². The molecule has 2 aliphatic heterocycles. The number of rotatable bonds is 15. The molecule has 2 saturated heterocycles. The molecule has 268 valence electrons. The monoisotopic (exact) mass is 672 g/mol. The number of hydrogen-bond donors (Lipinski definition) is 9. The van der Waals surface area contributed by atoms with E-state index in [2.05, 4.69) is 21.3 Å². The Balaban J connectivity index is 2.01. The third-order valence-electron chi connectivity index (χ3n) is 8.43. The van der Waals surface area contributed by atoms with Crippen LogP contribution >= 0.6 is 0 Å². The number of nitrogens with one attached hydrogen (secondary N) is 4. The second kappa shape index (κ2) is 16.3. The van der Waals surface area contributed by atoms with Gasteiger partial charge in [-0.1, -0.05) is 6.92 Å². The van der Waals surface area contributed by atoms with Gasteiger partial charge < -0.3 is 51.7 Å². The van der Waals surface area contributed by atoms with E-state index >= 15 is 0 Å². The number of likely N-dealkylation sites (N-methyl/N-ethyl adjacent to an activating group) is 2. The van der Waals surface area contributed by atoms with Crippen molar-refractivity contribution in [3.05, 3.63) is 0 Å². The fraction of sp³-hybridized carbons (Fsp3) is 0.800. The van der Waals surface area contributed by atoms with Crippen molar-refractivity contribution in [3.63, 3.8) is 0 Å². The van der Waals surface area contributed by atoms with Crippen molar-refractivity contribution in [3.8, 4) is 0 Å². The van der Waals surface area contributed by atoms with Gasteiger partial charge in [-0.25, -0.2) is 0 Å². The number of carbonyl (C=O) groups excluding carboxylic acids is 6. The van der Waals surface area contributed by atoms with E-state index in [4.69, 9.17) is 5.11 Å². The van der Waals surface area contributed by atoms with E-state index in [9.17, 15) is 49.2 Å². The van der Waals surface area contributed by atoms with Crippen molar-refractivity contribution < 1.29 is 54.3 Å². The van der Waals surface area contributed by atoms with E-state index < -0.39 is 110 Å². The van der Waals surface area contributed by atoms with Crippen molar-refractivity contribution >= 4 is 35.4 Å². The summed E-state index contributed by atoms with van der Waals surface area (Å²) in [4.78, 5) is 79.5. The maximum Gasteiger partial charge on any atom is 0.253 e. The molecule has 2 fully saturated rings. The Hall–Kier alpha value is -3.22. The Kier molecular flexibility index (Phi) is 13.8. The zero-order valence-corrected chi connectivity index (χ0v) is 28.1. The Bertz CT molecular complexity index is 1160. The molecule has 9 N–H and O–H groups in total. The molecule has 0 aromatic rings. The zero-order valence-electron chi connectivity index (χ0n) is 28.1. The SMILES string of the molecule is CNC(=O)C(CC(=O)NC1CC(C)(C)NC(C)(C)C1)N1C(=O)CC(NC(=O)C(C)CC(=O)N(C)CC(O)C(O)C(O)C(O)CO)C1=O. The first-order valence-electron chi connectivity index (χ1n) is 15.7. The summed E-state index contributed by atoms with van der Waals surface area (Å²) in [6.07, 6.45) is -7.23. The summed E-state index contributed by atoms with van der Waals surface area (Å²) in [6, 6.07) is -2.99. The number of piperidine rings is 1. The zero-order chi connectivity index (χ0) is 36.0. The van der Waals surface area contributed by atoms with Gasteiger partial charge in [-0.3, -0.25) is 33.7 Å². The normalized spacial score (nSPS) is 23.2. The minimum absolute atomic E-state index is 0.210. The smallest absolute Gasteiger partial charge is 0.253 e. The van der Waals surface area contributed by atoms with Gasteiger partial charge in [0.1, 0.15) is 36.5 Å². The quantitative estimate of drug-likeness (QED) is 0.0757. The van der Waals surface area contributed by atoms with E-state index in [1.165, 1.54) is 21.0 Å². The molecule has 17 heteroatoms. The Morgan fingerprint density at radius 2 is 1.49 bits per heavy atom. The van der Waals surface area contributed by atoms with Crippen LogP contribution < -0.4 is 21.3 Å². The molecule has 7 atom stereocenters. The van der Waals surface area contributed by atoms with Crippen LogP contribution in [0, 0.1) is 5.92 Å². The highest BCUT2D eigenvalue weighted by atomic mass is 16.4. The molecule has 0 spiro atoms. The number of nitrogens with zero attached hydrogens (tertiary/aromatic N) is 2. The third-order valence-corrected chi connectivity index (χ3v) is 8.43. The van der Waals surface area contributed by atoms with Crippen LogP contribution in [0.2, 0.25) is 0 Å². The summed E-state index contributed by atoms with van der Waals surface area (Å²) in [7, 11) is 2.59. The summed E-state index contributed by atoms with van der Waals surface area (Å²) < 4.78 is 0. The van der Waals surface area contributed by atoms with Crippen LogP contribution in [0.5, 0.6) is 0 Å². The Labute approximate surface area is 274 Å². The Morgan fingerprint density at radius 3 is 2.02 bits per heavy atom. The van der Waals surface area contributed by atoms with E-state index in [1.807, 2.05) is 27.7 Å². The van der Waals surface area contributed by atoms with Crippen LogP contribution in [0.25, 0.3) is 0 Å². The van der Waals surface area contributed by atoms with Crippen molar-refractivity contribution in [2.45, 2.75) is 120 Å². The molecule has 0 aromatic heterocycles. The Morgan fingerprint density at radius 1 is 0.936 bits per heavy atom. The van der Waals surface area contributed by atoms with Crippen LogP contribution in [0.3, 0.4) is 0 Å². The predicted octanol–water partition coefficient (Wildman–Crippen LogP) is -3.92. The van der Waals surface area contributed by atoms with Gasteiger partial charge in [0.15, 0.2) is 0 Å². The number of aliphatic hydroxyl groups is 5. The molecule has 0 aromatic carbocycles. The average molecular weight is 673 g/mol. The van der Waals surface area contributed by atoms with Gasteiger partial charge in [0.25, 0.3) is 5.91 Å². The molecule has 2 heterocycles. The molecule has 7 unspecified atom stereocenters. The highest BCUT2D eigenvalue weighted by molar-refractivity contribution is 6.10. The average Bonchev–Trinajstić information content (AvgIpc) is 3.23. The van der Waals surface area contributed by atoms with E-state index in [1.54, 1.807) is 0 Å². The lowest BCUT2D eigenvalue weighted by Crippen LogP contribution is -2.62. The molecule has 0 radical (unpaired) electrons. The van der Waals surface area contributed by atoms with Crippen molar-refractivity contribution in [1.82, 2.24) is 31.1 Å². The van der Waals surface area contributed by atoms with Crippen molar-refractivity contribution in [1.29, 1.82) is 0 Å². The third kappa shape index (κ3) is 10.9. The number of aliphatic hydroxyl groups excluding tert-OH is 5. The minimum atomic E-state index is -1.88. The van der Waals surface area contributed by atoms with Gasteiger partial charge in [-0.05, 0) is 40.5 Å². The molecule has 0 bridgehead atoms. The second-order valence-corrected chi connectivity index (χ2v) is 13.9. The summed E-state index contributed by atoms with van der Waals surface area (Å²) in [5.74, 6) is -5.26. The van der Waals surface area contributed by atoms with Gasteiger partial charge in [0.05, 0.1) is 19.4 Å². The van der Waals surface area contributed by atoms with Crippen molar-refractivity contribution in [2.75, 3.05) is 27.2 Å². The lowest BCUT2D eigenvalue weighted by molar-refractivity contribution is -0.148. The fourth-order valence-electron chi connectivity index (χ4n) is 6.32. The maximum absolute atomic E-state index is 13.3. The molecule has 47 heavy (non-hydrogen) atoms. The predicted molar refractivity (Wildman–Crippen MR) is 166 cm³/mol. The van der Waals surface area contributed by atoms with Crippen LogP contribution in [0.1, 0.15) is 66.7 Å². The van der Waals surface area contributed by atoms with Crippen LogP contribution in [0.4, 0.5) is 0 Å². The first-order chi connectivity index (χ1) is 21.6. The molecular weight excluding hydrogens is 620 g/mol. The van der Waals surface area contributed by atoms with Gasteiger partial charge >= 0.3 is 0 Å². The molecular formula is C30H52N6O11. The standard InChI is InChI=1S/C30H52N6O11/c1-15(8-22(41)35(7)13-19(38)24(43)25(44)20(39)14-37)26(45)33-17-9-23(42)36(28(17)47)18(27(46)31-6)10-21(40)32-16-11-29(2,3)34-30(4,5)12-16/h15-20,24-25,34,37-39,43-44H,8-14H2,1-7H3,(H,31,46)(H,32,40)(H,33,45). The fourth-order valence-corrected chi connectivity index (χ4v) is 6.32. The number of likely N-dealkylation sites (tertiary alicyclic amines) is 1. The lowest BCUT2D eigenvalue weighted by Gasteiger charge is -2.46. The highest BCUT2D eigenvalue weighted by Gasteiger charge is 2.47. The first-order valence-corrected chi connectivity index (χ1v) is 15.7. The highest BCUT2D eigenvalue weighted by Crippen LogP contribution is 2.29. The first kappa shape index (κ1) is 40.0. The largest absolute Gasteiger partial charge is 0.394 e. The topological polar surface area (TPSA) is 258 Å². The molecule has 6 amide bonds. The molecule has 17 nitrogen and oxygen atoms in total. The minimum Gasteiger partial charge on any atom is -0.394 e. The van der Waals surface area contributed by atoms with Crippen LogP contribution in [-0.2, 0) is 28.8 Å². The summed E-state index contributed by atoms with van der Waals surface area (Å²) in [5, 5.41) is 59.5. The van der Waals surface area contributed by atoms with Gasteiger partial charge in [-0.15, -0.1) is 0 Å². The number of amides is 6. The molecule has 2 rings (SSSR count). The number of imide groups is 1. The maximum atomic E-state index is 13.3. The van der Waals surface area contributed by atoms with Crippen molar-refractivity contribution in [2.24, 2.45) is 5.92 Å². The number of hydrogen-bond acceptors (Lipinski definition) is 12. The second-order valence-electron chi connectivity index (χ2n) is 13.9. The molecule has 0 saturated carbocycles. The lowest BCUT2D eigenvalue weighted by atomic mass is 9.79. The van der Waals surface area contributed by atoms with E-state index in [-0.39, 0.29) is 17.1 Å². The number of carbonyl (C=O) groups is 6. The summed E-state index contributed by atoms with van der Waals surface area (Å²) in [6.45, 7) is 8.12. The van der Waals surface area contributed by atoms with E-state index in [0.29, 0.717) is 17.7 Å². The molecule has 0 aliphatic carbocycles. The van der Waals surface area contributed by atoms with Gasteiger partial charge in [0, 0.05) is 50.1 Å². The van der Waals surface area contributed by atoms with E-state index in [0.717, 1.165) is 4.90 Å².